The second-order valence-corrected chi connectivity index (χ2v) is 5.22. The van der Waals surface area contributed by atoms with E-state index in [0.29, 0.717) is 0 Å². The molecule has 1 aromatic heterocycles. The summed E-state index contributed by atoms with van der Waals surface area (Å²) in [6.45, 7) is 5.09. The van der Waals surface area contributed by atoms with Gasteiger partial charge in [-0.1, -0.05) is 13.0 Å². The highest BCUT2D eigenvalue weighted by atomic mass is 32.1. The van der Waals surface area contributed by atoms with E-state index in [1.807, 2.05) is 13.0 Å². The third-order valence-corrected chi connectivity index (χ3v) is 3.73. The topological polar surface area (TPSA) is 12.0 Å². The van der Waals surface area contributed by atoms with Crippen LogP contribution in [0.1, 0.15) is 36.1 Å². The van der Waals surface area contributed by atoms with E-state index in [1.165, 1.54) is 11.6 Å². The van der Waals surface area contributed by atoms with Crippen LogP contribution in [-0.4, -0.2) is 6.54 Å². The third kappa shape index (κ3) is 2.98. The molecule has 18 heavy (non-hydrogen) atoms. The summed E-state index contributed by atoms with van der Waals surface area (Å²) < 4.78 is 13.4. The van der Waals surface area contributed by atoms with Crippen LogP contribution in [0.3, 0.4) is 0 Å². The van der Waals surface area contributed by atoms with Crippen molar-refractivity contribution in [2.24, 2.45) is 0 Å². The molecule has 0 amide bonds. The van der Waals surface area contributed by atoms with Gasteiger partial charge < -0.3 is 5.32 Å². The number of hydrogen-bond donors (Lipinski definition) is 1. The van der Waals surface area contributed by atoms with Gasteiger partial charge in [-0.05, 0) is 65.5 Å². The van der Waals surface area contributed by atoms with Gasteiger partial charge in [0, 0.05) is 0 Å². The van der Waals surface area contributed by atoms with Crippen LogP contribution in [0.5, 0.6) is 0 Å². The summed E-state index contributed by atoms with van der Waals surface area (Å²) in [5.74, 6) is -0.172. The highest BCUT2D eigenvalue weighted by Crippen LogP contribution is 2.27. The van der Waals surface area contributed by atoms with Gasteiger partial charge in [0.25, 0.3) is 0 Å². The number of nitrogens with one attached hydrogen (secondary N) is 1. The molecule has 0 bridgehead atoms. The lowest BCUT2D eigenvalue weighted by molar-refractivity contribution is 0.584. The molecule has 1 nitrogen and oxygen atoms in total. The van der Waals surface area contributed by atoms with Gasteiger partial charge in [0.2, 0.25) is 0 Å². The Hall–Kier alpha value is -1.19. The highest BCUT2D eigenvalue weighted by molar-refractivity contribution is 7.08. The Labute approximate surface area is 112 Å². The van der Waals surface area contributed by atoms with Crippen LogP contribution in [-0.2, 0) is 0 Å². The van der Waals surface area contributed by atoms with Crippen LogP contribution in [0.2, 0.25) is 0 Å². The predicted molar refractivity (Wildman–Crippen MR) is 75.6 cm³/mol. The highest BCUT2D eigenvalue weighted by Gasteiger charge is 2.16. The van der Waals surface area contributed by atoms with Gasteiger partial charge in [-0.2, -0.15) is 11.3 Å². The van der Waals surface area contributed by atoms with Gasteiger partial charge in [0.1, 0.15) is 5.82 Å². The predicted octanol–water partition coefficient (Wildman–Crippen LogP) is 4.28. The lowest BCUT2D eigenvalue weighted by Gasteiger charge is -2.20. The maximum atomic E-state index is 13.4. The summed E-state index contributed by atoms with van der Waals surface area (Å²) in [6, 6.07) is 7.19. The van der Waals surface area contributed by atoms with E-state index in [0.717, 1.165) is 24.1 Å². The molecule has 1 aromatic carbocycles. The van der Waals surface area contributed by atoms with E-state index in [1.54, 1.807) is 17.4 Å². The van der Waals surface area contributed by atoms with Crippen molar-refractivity contribution in [3.63, 3.8) is 0 Å². The Balaban J connectivity index is 2.36. The van der Waals surface area contributed by atoms with Crippen LogP contribution in [0.25, 0.3) is 0 Å². The zero-order valence-corrected chi connectivity index (χ0v) is 11.6. The monoisotopic (exact) mass is 263 g/mol. The van der Waals surface area contributed by atoms with Crippen LogP contribution in [0, 0.1) is 12.7 Å². The molecular weight excluding hydrogens is 245 g/mol. The molecule has 1 atom stereocenters. The van der Waals surface area contributed by atoms with Crippen LogP contribution >= 0.6 is 11.3 Å². The molecule has 96 valence electrons. The molecule has 1 N–H and O–H groups in total. The zero-order chi connectivity index (χ0) is 13.0. The Morgan fingerprint density at radius 1 is 1.33 bits per heavy atom. The van der Waals surface area contributed by atoms with E-state index in [9.17, 15) is 4.39 Å². The minimum absolute atomic E-state index is 0.0897. The van der Waals surface area contributed by atoms with Crippen molar-refractivity contribution in [3.05, 3.63) is 57.5 Å². The standard InChI is InChI=1S/C15H18FNS/c1-3-7-17-15(12-6-8-18-10-12)14-9-13(16)5-4-11(14)2/h4-6,8-10,15,17H,3,7H2,1-2H3. The lowest BCUT2D eigenvalue weighted by Crippen LogP contribution is -2.23. The van der Waals surface area contributed by atoms with Crippen molar-refractivity contribution < 1.29 is 4.39 Å². The second kappa shape index (κ2) is 6.12. The van der Waals surface area contributed by atoms with E-state index in [2.05, 4.69) is 29.1 Å². The summed E-state index contributed by atoms with van der Waals surface area (Å²) in [6.07, 6.45) is 1.06. The quantitative estimate of drug-likeness (QED) is 0.848. The van der Waals surface area contributed by atoms with Crippen molar-refractivity contribution in [3.8, 4) is 0 Å². The molecule has 0 radical (unpaired) electrons. The fourth-order valence-corrected chi connectivity index (χ4v) is 2.74. The SMILES string of the molecule is CCCNC(c1ccsc1)c1cc(F)ccc1C. The van der Waals surface area contributed by atoms with Crippen molar-refractivity contribution in [2.45, 2.75) is 26.3 Å². The number of halogens is 1. The molecule has 1 unspecified atom stereocenters. The molecular formula is C15H18FNS. The maximum absolute atomic E-state index is 13.4. The molecule has 0 saturated carbocycles. The average molecular weight is 263 g/mol. The first-order valence-electron chi connectivity index (χ1n) is 6.24. The molecule has 0 aliphatic carbocycles. The molecule has 0 fully saturated rings. The first-order valence-corrected chi connectivity index (χ1v) is 7.18. The third-order valence-electron chi connectivity index (χ3n) is 3.03. The largest absolute Gasteiger partial charge is 0.306 e. The van der Waals surface area contributed by atoms with Gasteiger partial charge in [-0.15, -0.1) is 0 Å². The van der Waals surface area contributed by atoms with Crippen molar-refractivity contribution in [2.75, 3.05) is 6.54 Å². The zero-order valence-electron chi connectivity index (χ0n) is 10.7. The Kier molecular flexibility index (Phi) is 4.50. The van der Waals surface area contributed by atoms with Gasteiger partial charge in [-0.25, -0.2) is 4.39 Å². The lowest BCUT2D eigenvalue weighted by atomic mass is 9.96. The van der Waals surface area contributed by atoms with Crippen LogP contribution in [0.15, 0.2) is 35.0 Å². The Morgan fingerprint density at radius 2 is 2.17 bits per heavy atom. The molecule has 2 aromatic rings. The van der Waals surface area contributed by atoms with E-state index in [-0.39, 0.29) is 11.9 Å². The fraction of sp³-hybridized carbons (Fsp3) is 0.333. The average Bonchev–Trinajstić information content (AvgIpc) is 2.88. The first kappa shape index (κ1) is 13.2. The minimum Gasteiger partial charge on any atom is -0.306 e. The number of rotatable bonds is 5. The molecule has 0 aliphatic heterocycles. The van der Waals surface area contributed by atoms with E-state index in [4.69, 9.17) is 0 Å². The fourth-order valence-electron chi connectivity index (χ4n) is 2.06. The van der Waals surface area contributed by atoms with Gasteiger partial charge in [0.15, 0.2) is 0 Å². The summed E-state index contributed by atoms with van der Waals surface area (Å²) in [7, 11) is 0. The van der Waals surface area contributed by atoms with E-state index < -0.39 is 0 Å². The van der Waals surface area contributed by atoms with Gasteiger partial charge in [0.05, 0.1) is 6.04 Å². The van der Waals surface area contributed by atoms with Gasteiger partial charge in [-0.3, -0.25) is 0 Å². The second-order valence-electron chi connectivity index (χ2n) is 4.44. The summed E-state index contributed by atoms with van der Waals surface area (Å²) in [5, 5.41) is 7.68. The number of benzene rings is 1. The molecule has 2 rings (SSSR count). The molecule has 0 aliphatic rings. The minimum atomic E-state index is -0.172. The van der Waals surface area contributed by atoms with E-state index >= 15 is 0 Å². The normalized spacial score (nSPS) is 12.6. The smallest absolute Gasteiger partial charge is 0.123 e. The number of hydrogen-bond acceptors (Lipinski definition) is 2. The molecule has 1 heterocycles. The van der Waals surface area contributed by atoms with Gasteiger partial charge >= 0.3 is 0 Å². The molecule has 0 saturated heterocycles. The van der Waals surface area contributed by atoms with Crippen molar-refractivity contribution in [1.82, 2.24) is 5.32 Å². The summed E-state index contributed by atoms with van der Waals surface area (Å²) in [5.41, 5.74) is 3.36. The maximum Gasteiger partial charge on any atom is 0.123 e. The van der Waals surface area contributed by atoms with Crippen LogP contribution < -0.4 is 5.32 Å². The summed E-state index contributed by atoms with van der Waals surface area (Å²) >= 11 is 1.67. The molecule has 0 spiro atoms. The summed E-state index contributed by atoms with van der Waals surface area (Å²) in [4.78, 5) is 0. The van der Waals surface area contributed by atoms with Crippen molar-refractivity contribution >= 4 is 11.3 Å². The number of aryl methyl sites for hydroxylation is 1. The molecule has 3 heteroatoms. The van der Waals surface area contributed by atoms with Crippen LogP contribution in [0.4, 0.5) is 4.39 Å². The Morgan fingerprint density at radius 3 is 2.83 bits per heavy atom. The number of thiophene rings is 1. The Bertz CT molecular complexity index is 493. The first-order chi connectivity index (χ1) is 8.72. The van der Waals surface area contributed by atoms with Crippen molar-refractivity contribution in [1.29, 1.82) is 0 Å².